The van der Waals surface area contributed by atoms with Gasteiger partial charge in [-0.2, -0.15) is 0 Å². The van der Waals surface area contributed by atoms with Gasteiger partial charge in [0.2, 0.25) is 0 Å². The zero-order chi connectivity index (χ0) is 66.3. The third-order valence-electron chi connectivity index (χ3n) is 16.5. The predicted molar refractivity (Wildman–Crippen MR) is 363 cm³/mol. The summed E-state index contributed by atoms with van der Waals surface area (Å²) in [6.07, 6.45) is 51.3. The van der Waals surface area contributed by atoms with Gasteiger partial charge in [-0.15, -0.1) is 0 Å². The summed E-state index contributed by atoms with van der Waals surface area (Å²) < 4.78 is 68.2. The third kappa shape index (κ3) is 64.8. The first-order valence-corrected chi connectivity index (χ1v) is 40.1. The van der Waals surface area contributed by atoms with Crippen molar-refractivity contribution in [1.82, 2.24) is 0 Å². The van der Waals surface area contributed by atoms with E-state index in [1.54, 1.807) is 0 Å². The van der Waals surface area contributed by atoms with Gasteiger partial charge in [0.05, 0.1) is 26.4 Å². The first-order chi connectivity index (χ1) is 43.5. The molecule has 19 heteroatoms. The van der Waals surface area contributed by atoms with Gasteiger partial charge >= 0.3 is 39.5 Å². The molecule has 0 saturated heterocycles. The Morgan fingerprint density at radius 2 is 0.511 bits per heavy atom. The van der Waals surface area contributed by atoms with Crippen molar-refractivity contribution < 1.29 is 80.2 Å². The molecular weight excluding hydrogens is 1190 g/mol. The number of carbonyl (C=O) groups excluding carboxylic acids is 4. The van der Waals surface area contributed by atoms with Crippen LogP contribution >= 0.6 is 15.6 Å². The highest BCUT2D eigenvalue weighted by Crippen LogP contribution is 2.45. The van der Waals surface area contributed by atoms with Crippen LogP contribution in [0.1, 0.15) is 369 Å². The number of esters is 4. The first kappa shape index (κ1) is 88.1. The average molecular weight is 1330 g/mol. The van der Waals surface area contributed by atoms with Gasteiger partial charge < -0.3 is 33.8 Å². The molecule has 0 radical (unpaired) electrons. The van der Waals surface area contributed by atoms with Crippen LogP contribution in [-0.4, -0.2) is 96.7 Å². The van der Waals surface area contributed by atoms with Crippen LogP contribution in [0.25, 0.3) is 0 Å². The van der Waals surface area contributed by atoms with E-state index in [1.807, 2.05) is 0 Å². The summed E-state index contributed by atoms with van der Waals surface area (Å²) in [6.45, 7) is 7.23. The number of hydrogen-bond donors (Lipinski definition) is 3. The topological polar surface area (TPSA) is 237 Å². The van der Waals surface area contributed by atoms with E-state index >= 15 is 0 Å². The predicted octanol–water partition coefficient (Wildman–Crippen LogP) is 20.5. The summed E-state index contributed by atoms with van der Waals surface area (Å²) in [7, 11) is -9.90. The summed E-state index contributed by atoms with van der Waals surface area (Å²) in [4.78, 5) is 72.5. The lowest BCUT2D eigenvalue weighted by molar-refractivity contribution is -0.161. The molecule has 17 nitrogen and oxygen atoms in total. The molecule has 0 aromatic heterocycles. The molecule has 0 heterocycles. The van der Waals surface area contributed by atoms with Crippen LogP contribution in [0.5, 0.6) is 0 Å². The molecule has 0 aromatic rings. The molecule has 0 aliphatic heterocycles. The largest absolute Gasteiger partial charge is 0.472 e. The Morgan fingerprint density at radius 3 is 0.756 bits per heavy atom. The Bertz CT molecular complexity index is 1740. The van der Waals surface area contributed by atoms with Crippen LogP contribution in [0.15, 0.2) is 0 Å². The Balaban J connectivity index is 5.20. The number of rotatable bonds is 71. The number of unbranched alkanes of at least 4 members (excludes halogenated alkanes) is 43. The molecule has 0 spiro atoms. The van der Waals surface area contributed by atoms with Gasteiger partial charge in [0.1, 0.15) is 19.3 Å². The van der Waals surface area contributed by atoms with E-state index in [2.05, 4.69) is 34.6 Å². The second-order valence-corrected chi connectivity index (χ2v) is 29.0. The molecule has 0 fully saturated rings. The van der Waals surface area contributed by atoms with E-state index in [4.69, 9.17) is 37.0 Å². The Morgan fingerprint density at radius 1 is 0.300 bits per heavy atom. The zero-order valence-corrected chi connectivity index (χ0v) is 60.1. The van der Waals surface area contributed by atoms with E-state index in [0.29, 0.717) is 25.7 Å². The number of carbonyl (C=O) groups is 4. The SMILES string of the molecule is CCCCCCCCCCCCCCCCCC(=O)OC[C@H](COP(=O)(O)OC[C@@H](O)COP(=O)(O)OC[C@@H](COC(=O)CCCCCCCCC)OC(=O)CCCCCCCCCCCCCCC)OC(=O)CCCCCCCCCCCCCCC(C)C. The van der Waals surface area contributed by atoms with Crippen LogP contribution in [0.4, 0.5) is 0 Å². The van der Waals surface area contributed by atoms with Gasteiger partial charge in [-0.05, 0) is 31.6 Å². The second kappa shape index (κ2) is 64.4. The summed E-state index contributed by atoms with van der Waals surface area (Å²) in [5.41, 5.74) is 0. The molecule has 0 aliphatic carbocycles. The van der Waals surface area contributed by atoms with E-state index in [1.165, 1.54) is 180 Å². The van der Waals surface area contributed by atoms with Crippen molar-refractivity contribution in [2.75, 3.05) is 39.6 Å². The molecule has 0 amide bonds. The van der Waals surface area contributed by atoms with Gasteiger partial charge in [0.25, 0.3) is 0 Å². The fourth-order valence-corrected chi connectivity index (χ4v) is 12.4. The highest BCUT2D eigenvalue weighted by Gasteiger charge is 2.30. The smallest absolute Gasteiger partial charge is 0.462 e. The van der Waals surface area contributed by atoms with E-state index in [-0.39, 0.29) is 25.7 Å². The van der Waals surface area contributed by atoms with Gasteiger partial charge in [-0.1, -0.05) is 317 Å². The molecule has 5 atom stereocenters. The standard InChI is InChI=1S/C71H138O17P2/c1-6-9-12-15-18-20-22-24-25-27-31-35-40-45-50-55-69(74)82-61-67(88-71(76)57-52-47-42-37-33-29-28-30-34-39-43-48-53-64(4)5)63-86-90(79,80)84-59-65(72)58-83-89(77,78)85-62-66(60-81-68(73)54-49-44-38-17-14-11-8-3)87-70(75)56-51-46-41-36-32-26-23-21-19-16-13-10-7-2/h64-67,72H,6-63H2,1-5H3,(H,77,78)(H,79,80)/t65-,66+,67+/m0/s1. The first-order valence-electron chi connectivity index (χ1n) is 37.1. The fourth-order valence-electron chi connectivity index (χ4n) is 10.8. The van der Waals surface area contributed by atoms with Crippen molar-refractivity contribution in [2.45, 2.75) is 387 Å². The summed E-state index contributed by atoms with van der Waals surface area (Å²) in [5, 5.41) is 10.6. The second-order valence-electron chi connectivity index (χ2n) is 26.1. The van der Waals surface area contributed by atoms with Crippen LogP contribution < -0.4 is 0 Å². The third-order valence-corrected chi connectivity index (χ3v) is 18.4. The van der Waals surface area contributed by atoms with Gasteiger partial charge in [0, 0.05) is 25.7 Å². The van der Waals surface area contributed by atoms with Crippen molar-refractivity contribution in [2.24, 2.45) is 5.92 Å². The van der Waals surface area contributed by atoms with Crippen LogP contribution in [0.3, 0.4) is 0 Å². The van der Waals surface area contributed by atoms with Crippen LogP contribution in [-0.2, 0) is 65.4 Å². The van der Waals surface area contributed by atoms with Crippen LogP contribution in [0.2, 0.25) is 0 Å². The number of hydrogen-bond acceptors (Lipinski definition) is 15. The number of phosphoric ester groups is 2. The Kier molecular flexibility index (Phi) is 63.0. The molecule has 3 N–H and O–H groups in total. The Labute approximate surface area is 549 Å². The summed E-state index contributed by atoms with van der Waals surface area (Å²) in [6, 6.07) is 0. The van der Waals surface area contributed by atoms with Crippen molar-refractivity contribution in [1.29, 1.82) is 0 Å². The summed E-state index contributed by atoms with van der Waals surface area (Å²) >= 11 is 0. The lowest BCUT2D eigenvalue weighted by Gasteiger charge is -2.21. The van der Waals surface area contributed by atoms with Gasteiger partial charge in [-0.25, -0.2) is 9.13 Å². The van der Waals surface area contributed by atoms with Gasteiger partial charge in [-0.3, -0.25) is 37.3 Å². The summed E-state index contributed by atoms with van der Waals surface area (Å²) in [5.74, 6) is -1.35. The minimum Gasteiger partial charge on any atom is -0.462 e. The van der Waals surface area contributed by atoms with Crippen molar-refractivity contribution in [3.63, 3.8) is 0 Å². The average Bonchev–Trinajstić information content (AvgIpc) is 3.73. The molecule has 0 rings (SSSR count). The van der Waals surface area contributed by atoms with Crippen molar-refractivity contribution in [3.8, 4) is 0 Å². The van der Waals surface area contributed by atoms with Crippen LogP contribution in [0, 0.1) is 5.92 Å². The number of phosphoric acid groups is 2. The lowest BCUT2D eigenvalue weighted by Crippen LogP contribution is -2.30. The van der Waals surface area contributed by atoms with E-state index in [9.17, 15) is 43.2 Å². The van der Waals surface area contributed by atoms with Gasteiger partial charge in [0.15, 0.2) is 12.2 Å². The monoisotopic (exact) mass is 1320 g/mol. The molecule has 2 unspecified atom stereocenters. The Hall–Kier alpha value is -1.94. The van der Waals surface area contributed by atoms with Crippen molar-refractivity contribution >= 4 is 39.5 Å². The molecular formula is C71H138O17P2. The molecule has 0 aromatic carbocycles. The molecule has 0 bridgehead atoms. The molecule has 0 aliphatic rings. The quantitative estimate of drug-likeness (QED) is 0.0222. The minimum absolute atomic E-state index is 0.107. The minimum atomic E-state index is -4.95. The maximum Gasteiger partial charge on any atom is 0.472 e. The fraction of sp³-hybridized carbons (Fsp3) is 0.944. The molecule has 90 heavy (non-hydrogen) atoms. The number of aliphatic hydroxyl groups is 1. The van der Waals surface area contributed by atoms with Crippen molar-refractivity contribution in [3.05, 3.63) is 0 Å². The number of ether oxygens (including phenoxy) is 4. The maximum atomic E-state index is 13.0. The van der Waals surface area contributed by atoms with E-state index < -0.39 is 97.5 Å². The molecule has 0 saturated carbocycles. The lowest BCUT2D eigenvalue weighted by atomic mass is 10.0. The highest BCUT2D eigenvalue weighted by molar-refractivity contribution is 7.47. The highest BCUT2D eigenvalue weighted by atomic mass is 31.2. The number of aliphatic hydroxyl groups excluding tert-OH is 1. The van der Waals surface area contributed by atoms with E-state index in [0.717, 1.165) is 109 Å². The maximum absolute atomic E-state index is 13.0. The molecule has 534 valence electrons. The zero-order valence-electron chi connectivity index (χ0n) is 58.3. The normalized spacial score (nSPS) is 14.1.